The Balaban J connectivity index is 1.30. The van der Waals surface area contributed by atoms with Gasteiger partial charge in [0.2, 0.25) is 5.95 Å². The second-order valence-corrected chi connectivity index (χ2v) is 8.94. The normalized spacial score (nSPS) is 14.1. The maximum absolute atomic E-state index is 13.9. The van der Waals surface area contributed by atoms with Crippen molar-refractivity contribution in [2.24, 2.45) is 0 Å². The fourth-order valence-corrected chi connectivity index (χ4v) is 4.24. The zero-order valence-electron chi connectivity index (χ0n) is 20.7. The van der Waals surface area contributed by atoms with E-state index < -0.39 is 17.6 Å². The molecule has 3 aromatic heterocycles. The molecule has 5 rings (SSSR count). The summed E-state index contributed by atoms with van der Waals surface area (Å²) in [5.41, 5.74) is 1.57. The van der Waals surface area contributed by atoms with Gasteiger partial charge in [0.15, 0.2) is 0 Å². The number of benzene rings is 1. The summed E-state index contributed by atoms with van der Waals surface area (Å²) in [6.07, 6.45) is 3.27. The van der Waals surface area contributed by atoms with Gasteiger partial charge in [0, 0.05) is 62.4 Å². The predicted octanol–water partition coefficient (Wildman–Crippen LogP) is 4.35. The lowest BCUT2D eigenvalue weighted by Gasteiger charge is -2.28. The molecule has 1 saturated heterocycles. The molecule has 1 amide bonds. The molecule has 0 aliphatic carbocycles. The van der Waals surface area contributed by atoms with Crippen molar-refractivity contribution in [3.63, 3.8) is 0 Å². The third-order valence-electron chi connectivity index (χ3n) is 6.16. The fraction of sp³-hybridized carbons (Fsp3) is 0.222. The van der Waals surface area contributed by atoms with Crippen LogP contribution in [0.15, 0.2) is 73.4 Å². The number of piperazine rings is 1. The Hall–Kier alpha value is -4.42. The van der Waals surface area contributed by atoms with Crippen LogP contribution in [0.2, 0.25) is 0 Å². The average molecular weight is 535 g/mol. The minimum atomic E-state index is -4.59. The van der Waals surface area contributed by atoms with Crippen molar-refractivity contribution in [2.45, 2.75) is 12.7 Å². The molecule has 1 aliphatic heterocycles. The Morgan fingerprint density at radius 1 is 0.949 bits per heavy atom. The molecule has 0 bridgehead atoms. The lowest BCUT2D eigenvalue weighted by molar-refractivity contribution is -0.138. The van der Waals surface area contributed by atoms with Gasteiger partial charge >= 0.3 is 6.18 Å². The van der Waals surface area contributed by atoms with E-state index in [1.165, 1.54) is 24.5 Å². The minimum absolute atomic E-state index is 0.0990. The number of rotatable bonds is 7. The number of carbonyl (C=O) groups excluding carboxylic acids is 1. The largest absolute Gasteiger partial charge is 0.416 e. The highest BCUT2D eigenvalue weighted by Gasteiger charge is 2.34. The number of hydrogen-bond donors (Lipinski definition) is 3. The van der Waals surface area contributed by atoms with Crippen LogP contribution in [0.3, 0.4) is 0 Å². The molecule has 0 saturated carbocycles. The lowest BCUT2D eigenvalue weighted by Crippen LogP contribution is -2.43. The molecule has 0 spiro atoms. The number of anilines is 3. The number of nitrogens with one attached hydrogen (secondary N) is 3. The fourth-order valence-electron chi connectivity index (χ4n) is 4.24. The Morgan fingerprint density at radius 3 is 2.49 bits per heavy atom. The zero-order chi connectivity index (χ0) is 27.2. The summed E-state index contributed by atoms with van der Waals surface area (Å²) < 4.78 is 41.6. The third kappa shape index (κ3) is 6.72. The highest BCUT2D eigenvalue weighted by molar-refractivity contribution is 6.04. The van der Waals surface area contributed by atoms with Crippen LogP contribution in [0.5, 0.6) is 0 Å². The van der Waals surface area contributed by atoms with Crippen molar-refractivity contribution < 1.29 is 18.0 Å². The molecule has 12 heteroatoms. The molecule has 4 heterocycles. The smallest absolute Gasteiger partial charge is 0.323 e. The number of pyridine rings is 2. The molecule has 1 aliphatic rings. The van der Waals surface area contributed by atoms with Crippen molar-refractivity contribution in [1.82, 2.24) is 30.2 Å². The summed E-state index contributed by atoms with van der Waals surface area (Å²) in [6, 6.07) is 10.7. The Labute approximate surface area is 222 Å². The van der Waals surface area contributed by atoms with Crippen molar-refractivity contribution in [1.29, 1.82) is 0 Å². The third-order valence-corrected chi connectivity index (χ3v) is 6.16. The van der Waals surface area contributed by atoms with Crippen LogP contribution in [0.25, 0.3) is 11.3 Å². The Bertz CT molecular complexity index is 1440. The van der Waals surface area contributed by atoms with Crippen LogP contribution in [-0.4, -0.2) is 56.9 Å². The molecule has 0 unspecified atom stereocenters. The van der Waals surface area contributed by atoms with Gasteiger partial charge in [0.25, 0.3) is 5.91 Å². The summed E-state index contributed by atoms with van der Waals surface area (Å²) >= 11 is 0. The zero-order valence-corrected chi connectivity index (χ0v) is 20.7. The van der Waals surface area contributed by atoms with Gasteiger partial charge in [-0.2, -0.15) is 13.2 Å². The molecule has 0 radical (unpaired) electrons. The average Bonchev–Trinajstić information content (AvgIpc) is 2.94. The molecule has 4 aromatic rings. The summed E-state index contributed by atoms with van der Waals surface area (Å²) in [5, 5.41) is 8.84. The van der Waals surface area contributed by atoms with E-state index in [-0.39, 0.29) is 17.7 Å². The summed E-state index contributed by atoms with van der Waals surface area (Å²) in [5.74, 6) is -0.367. The molecule has 9 nitrogen and oxygen atoms in total. The van der Waals surface area contributed by atoms with Gasteiger partial charge in [0.1, 0.15) is 0 Å². The SMILES string of the molecule is O=C(Nc1cncc(Nc2nccc(-c3ccncc3)n2)c1)c1ccc(CN2CCNCC2)c(C(F)(F)F)c1. The van der Waals surface area contributed by atoms with Crippen LogP contribution < -0.4 is 16.0 Å². The van der Waals surface area contributed by atoms with Gasteiger partial charge in [-0.3, -0.25) is 19.7 Å². The van der Waals surface area contributed by atoms with Gasteiger partial charge < -0.3 is 16.0 Å². The van der Waals surface area contributed by atoms with E-state index >= 15 is 0 Å². The number of halogens is 3. The molecule has 200 valence electrons. The predicted molar refractivity (Wildman–Crippen MR) is 140 cm³/mol. The van der Waals surface area contributed by atoms with E-state index in [0.29, 0.717) is 36.1 Å². The van der Waals surface area contributed by atoms with E-state index in [4.69, 9.17) is 0 Å². The number of nitrogens with zero attached hydrogens (tertiary/aromatic N) is 5. The van der Waals surface area contributed by atoms with Gasteiger partial charge in [-0.15, -0.1) is 0 Å². The Morgan fingerprint density at radius 2 is 1.72 bits per heavy atom. The molecule has 3 N–H and O–H groups in total. The van der Waals surface area contributed by atoms with Crippen LogP contribution in [0, 0.1) is 0 Å². The first-order chi connectivity index (χ1) is 18.8. The standard InChI is InChI=1S/C27H25F3N8O/c28-27(29,30)23-13-19(1-2-20(23)17-38-11-9-32-10-12-38)25(39)35-21-14-22(16-33-15-21)36-26-34-8-5-24(37-26)18-3-6-31-7-4-18/h1-8,13-16,32H,9-12,17H2,(H,35,39)(H,34,36,37). The number of amides is 1. The molecular formula is C27H25F3N8O. The van der Waals surface area contributed by atoms with E-state index in [9.17, 15) is 18.0 Å². The monoisotopic (exact) mass is 534 g/mol. The highest BCUT2D eigenvalue weighted by atomic mass is 19.4. The number of alkyl halides is 3. The second kappa shape index (κ2) is 11.5. The van der Waals surface area contributed by atoms with E-state index in [0.717, 1.165) is 24.7 Å². The number of carbonyl (C=O) groups is 1. The molecule has 1 fully saturated rings. The van der Waals surface area contributed by atoms with E-state index in [2.05, 4.69) is 35.9 Å². The lowest BCUT2D eigenvalue weighted by atomic mass is 10.0. The van der Waals surface area contributed by atoms with Crippen LogP contribution in [0.4, 0.5) is 30.5 Å². The summed E-state index contributed by atoms with van der Waals surface area (Å²) in [6.45, 7) is 2.95. The first-order valence-electron chi connectivity index (χ1n) is 12.3. The number of aromatic nitrogens is 4. The first kappa shape index (κ1) is 26.2. The van der Waals surface area contributed by atoms with Crippen molar-refractivity contribution in [3.8, 4) is 11.3 Å². The number of hydrogen-bond acceptors (Lipinski definition) is 8. The maximum Gasteiger partial charge on any atom is 0.416 e. The van der Waals surface area contributed by atoms with Gasteiger partial charge in [-0.25, -0.2) is 9.97 Å². The Kier molecular flexibility index (Phi) is 7.75. The van der Waals surface area contributed by atoms with E-state index in [1.54, 1.807) is 30.7 Å². The summed E-state index contributed by atoms with van der Waals surface area (Å²) in [7, 11) is 0. The van der Waals surface area contributed by atoms with Gasteiger partial charge in [-0.1, -0.05) is 6.07 Å². The molecule has 0 atom stereocenters. The van der Waals surface area contributed by atoms with E-state index in [1.807, 2.05) is 17.0 Å². The molecule has 1 aromatic carbocycles. The van der Waals surface area contributed by atoms with Crippen LogP contribution in [0.1, 0.15) is 21.5 Å². The molecule has 39 heavy (non-hydrogen) atoms. The van der Waals surface area contributed by atoms with Gasteiger partial charge in [0.05, 0.1) is 35.0 Å². The molecular weight excluding hydrogens is 509 g/mol. The van der Waals surface area contributed by atoms with Crippen molar-refractivity contribution >= 4 is 23.2 Å². The first-order valence-corrected chi connectivity index (χ1v) is 12.3. The van der Waals surface area contributed by atoms with Crippen LogP contribution >= 0.6 is 0 Å². The summed E-state index contributed by atoms with van der Waals surface area (Å²) in [4.78, 5) is 31.7. The highest BCUT2D eigenvalue weighted by Crippen LogP contribution is 2.33. The van der Waals surface area contributed by atoms with Crippen molar-refractivity contribution in [3.05, 3.63) is 90.1 Å². The maximum atomic E-state index is 13.9. The van der Waals surface area contributed by atoms with Crippen LogP contribution in [-0.2, 0) is 12.7 Å². The topological polar surface area (TPSA) is 108 Å². The van der Waals surface area contributed by atoms with Gasteiger partial charge in [-0.05, 0) is 42.0 Å². The van der Waals surface area contributed by atoms with Crippen molar-refractivity contribution in [2.75, 3.05) is 36.8 Å². The quantitative estimate of drug-likeness (QED) is 0.321. The second-order valence-electron chi connectivity index (χ2n) is 8.94. The minimum Gasteiger partial charge on any atom is -0.323 e.